The molecule has 0 fully saturated rings. The fourth-order valence-corrected chi connectivity index (χ4v) is 2.36. The predicted molar refractivity (Wildman–Crippen MR) is 65.5 cm³/mol. The molecule has 0 aliphatic carbocycles. The Morgan fingerprint density at radius 1 is 1.30 bits per heavy atom. The second kappa shape index (κ2) is 6.71. The van der Waals surface area contributed by atoms with Crippen LogP contribution in [-0.4, -0.2) is 40.7 Å². The molecule has 0 saturated heterocycles. The van der Waals surface area contributed by atoms with Gasteiger partial charge in [-0.1, -0.05) is 18.2 Å². The highest BCUT2D eigenvalue weighted by Gasteiger charge is 2.45. The van der Waals surface area contributed by atoms with Crippen molar-refractivity contribution in [3.05, 3.63) is 30.3 Å². The number of ether oxygens (including phenoxy) is 1. The molecule has 2 N–H and O–H groups in total. The second-order valence-electron chi connectivity index (χ2n) is 3.71. The lowest BCUT2D eigenvalue weighted by molar-refractivity contribution is -0.471. The first-order valence-corrected chi connectivity index (χ1v) is 7.00. The summed E-state index contributed by atoms with van der Waals surface area (Å²) < 4.78 is 67.9. The van der Waals surface area contributed by atoms with E-state index in [-0.39, 0.29) is 18.0 Å². The van der Waals surface area contributed by atoms with Crippen LogP contribution in [0.15, 0.2) is 35.2 Å². The van der Waals surface area contributed by atoms with E-state index in [1.54, 1.807) is 6.07 Å². The topological polar surface area (TPSA) is 69.4 Å². The summed E-state index contributed by atoms with van der Waals surface area (Å²) in [5, 5.41) is 0. The van der Waals surface area contributed by atoms with Crippen molar-refractivity contribution in [3.8, 4) is 0 Å². The molecule has 1 rings (SSSR count). The zero-order chi connectivity index (χ0) is 15.2. The molecule has 0 aromatic heterocycles. The van der Waals surface area contributed by atoms with Crippen LogP contribution in [0.2, 0.25) is 0 Å². The van der Waals surface area contributed by atoms with Crippen LogP contribution in [0.5, 0.6) is 0 Å². The van der Waals surface area contributed by atoms with E-state index in [0.717, 1.165) is 0 Å². The maximum Gasteiger partial charge on any atom is 0.495 e. The molecule has 0 radical (unpaired) electrons. The summed E-state index contributed by atoms with van der Waals surface area (Å²) in [4.78, 5) is 1.71. The summed E-state index contributed by atoms with van der Waals surface area (Å²) in [7, 11) is -2.97. The van der Waals surface area contributed by atoms with Crippen LogP contribution in [0.4, 0.5) is 13.2 Å². The quantitative estimate of drug-likeness (QED) is 0.444. The number of sulfonamides is 1. The molecule has 0 aliphatic rings. The van der Waals surface area contributed by atoms with Gasteiger partial charge in [0.25, 0.3) is 0 Å². The van der Waals surface area contributed by atoms with Crippen molar-refractivity contribution in [3.63, 3.8) is 0 Å². The van der Waals surface area contributed by atoms with E-state index in [2.05, 4.69) is 4.74 Å². The van der Waals surface area contributed by atoms with Crippen LogP contribution in [0.3, 0.4) is 0 Å². The monoisotopic (exact) mass is 311 g/mol. The highest BCUT2D eigenvalue weighted by molar-refractivity contribution is 7.90. The van der Waals surface area contributed by atoms with Crippen molar-refractivity contribution in [2.24, 2.45) is 0 Å². The van der Waals surface area contributed by atoms with Crippen molar-refractivity contribution < 1.29 is 31.3 Å². The zero-order valence-electron chi connectivity index (χ0n) is 10.6. The number of hydrogen-bond acceptors (Lipinski definition) is 3. The van der Waals surface area contributed by atoms with Crippen LogP contribution < -0.4 is 9.71 Å². The molecular formula is C11H14F3N2O3S+. The standard InChI is InChI=1S/C11H13F3N2O3S/c1-19-8-7-15-10(11(12,13)14)16-20(17,18)9-5-3-2-4-6-9/h2-6H,7-8H2,1H3,(H,15,16)/p+1. The van der Waals surface area contributed by atoms with Crippen LogP contribution in [0.1, 0.15) is 0 Å². The normalized spacial score (nSPS) is 13.3. The van der Waals surface area contributed by atoms with Crippen LogP contribution in [0, 0.1) is 0 Å². The lowest BCUT2D eigenvalue weighted by Crippen LogP contribution is -2.80. The molecule has 0 bridgehead atoms. The molecule has 0 heterocycles. The number of halogens is 3. The van der Waals surface area contributed by atoms with Gasteiger partial charge in [0.15, 0.2) is 0 Å². The Labute approximate surface area is 114 Å². The minimum absolute atomic E-state index is 0.00659. The van der Waals surface area contributed by atoms with Crippen molar-refractivity contribution in [2.45, 2.75) is 11.1 Å². The van der Waals surface area contributed by atoms with Gasteiger partial charge in [0.05, 0.1) is 6.61 Å². The molecule has 0 atom stereocenters. The summed E-state index contributed by atoms with van der Waals surface area (Å²) in [6, 6.07) is 6.79. The van der Waals surface area contributed by atoms with Crippen LogP contribution in [0.25, 0.3) is 0 Å². The van der Waals surface area contributed by atoms with Gasteiger partial charge in [0.1, 0.15) is 11.4 Å². The molecule has 112 valence electrons. The van der Waals surface area contributed by atoms with E-state index in [4.69, 9.17) is 0 Å². The average Bonchev–Trinajstić information content (AvgIpc) is 2.37. The average molecular weight is 311 g/mol. The Bertz CT molecular complexity index is 556. The lowest BCUT2D eigenvalue weighted by atomic mass is 10.4. The van der Waals surface area contributed by atoms with E-state index >= 15 is 0 Å². The van der Waals surface area contributed by atoms with Crippen LogP contribution >= 0.6 is 0 Å². The molecule has 0 unspecified atom stereocenters. The Hall–Kier alpha value is -1.61. The second-order valence-corrected chi connectivity index (χ2v) is 5.39. The first-order chi connectivity index (χ1) is 9.27. The Morgan fingerprint density at radius 2 is 1.90 bits per heavy atom. The first-order valence-electron chi connectivity index (χ1n) is 5.52. The zero-order valence-corrected chi connectivity index (χ0v) is 11.4. The molecule has 0 spiro atoms. The summed E-state index contributed by atoms with van der Waals surface area (Å²) in [6.45, 7) is -0.171. The molecule has 5 nitrogen and oxygen atoms in total. The van der Waals surface area contributed by atoms with E-state index in [1.807, 2.05) is 4.99 Å². The fraction of sp³-hybridized carbons (Fsp3) is 0.364. The number of rotatable bonds is 5. The van der Waals surface area contributed by atoms with Crippen molar-refractivity contribution >= 4 is 15.9 Å². The molecule has 9 heteroatoms. The summed E-state index contributed by atoms with van der Waals surface area (Å²) in [5.74, 6) is -1.45. The third kappa shape index (κ3) is 4.82. The number of methoxy groups -OCH3 is 1. The third-order valence-corrected chi connectivity index (χ3v) is 3.55. The van der Waals surface area contributed by atoms with Crippen molar-refractivity contribution in [1.82, 2.24) is 4.72 Å². The maximum atomic E-state index is 12.7. The molecule has 0 aliphatic heterocycles. The van der Waals surface area contributed by atoms with Gasteiger partial charge >= 0.3 is 22.0 Å². The lowest BCUT2D eigenvalue weighted by Gasteiger charge is -2.07. The number of alkyl halides is 3. The van der Waals surface area contributed by atoms with Gasteiger partial charge in [0.2, 0.25) is 0 Å². The number of amidine groups is 1. The highest BCUT2D eigenvalue weighted by atomic mass is 32.2. The first kappa shape index (κ1) is 16.4. The Balaban J connectivity index is 2.98. The van der Waals surface area contributed by atoms with Gasteiger partial charge in [0, 0.05) is 7.11 Å². The fourth-order valence-electron chi connectivity index (χ4n) is 1.27. The van der Waals surface area contributed by atoms with Gasteiger partial charge in [-0.25, -0.2) is 0 Å². The molecular weight excluding hydrogens is 297 g/mol. The van der Waals surface area contributed by atoms with Crippen molar-refractivity contribution in [2.75, 3.05) is 20.3 Å². The molecule has 0 saturated carbocycles. The van der Waals surface area contributed by atoms with E-state index < -0.39 is 22.0 Å². The molecule has 20 heavy (non-hydrogen) atoms. The van der Waals surface area contributed by atoms with Gasteiger partial charge < -0.3 is 4.74 Å². The number of hydrogen-bond donors (Lipinski definition) is 2. The Morgan fingerprint density at radius 3 is 2.40 bits per heavy atom. The Kier molecular flexibility index (Phi) is 5.52. The third-order valence-electron chi connectivity index (χ3n) is 2.18. The number of nitrogens with one attached hydrogen (secondary N) is 2. The summed E-state index contributed by atoms with van der Waals surface area (Å²) in [5.41, 5.74) is 0. The minimum atomic E-state index is -4.84. The number of benzene rings is 1. The van der Waals surface area contributed by atoms with Gasteiger partial charge in [-0.3, -0.25) is 4.99 Å². The maximum absolute atomic E-state index is 12.7. The van der Waals surface area contributed by atoms with Gasteiger partial charge in [-0.15, -0.1) is 0 Å². The van der Waals surface area contributed by atoms with Crippen molar-refractivity contribution in [1.29, 1.82) is 0 Å². The van der Waals surface area contributed by atoms with E-state index in [9.17, 15) is 21.6 Å². The molecule has 1 aromatic rings. The summed E-state index contributed by atoms with van der Waals surface area (Å²) >= 11 is 0. The van der Waals surface area contributed by atoms with Crippen LogP contribution in [-0.2, 0) is 14.8 Å². The van der Waals surface area contributed by atoms with Gasteiger partial charge in [-0.2, -0.15) is 26.3 Å². The highest BCUT2D eigenvalue weighted by Crippen LogP contribution is 2.15. The SMILES string of the molecule is COCC[NH+]=C(NS(=O)(=O)c1ccccc1)C(F)(F)F. The predicted octanol–water partition coefficient (Wildman–Crippen LogP) is -0.347. The molecule has 1 aromatic carbocycles. The molecule has 0 amide bonds. The van der Waals surface area contributed by atoms with E-state index in [1.165, 1.54) is 36.1 Å². The van der Waals surface area contributed by atoms with Gasteiger partial charge in [-0.05, 0) is 12.1 Å². The summed E-state index contributed by atoms with van der Waals surface area (Å²) in [6.07, 6.45) is -4.84. The van der Waals surface area contributed by atoms with E-state index in [0.29, 0.717) is 0 Å². The largest absolute Gasteiger partial charge is 0.495 e. The smallest absolute Gasteiger partial charge is 0.381 e. The minimum Gasteiger partial charge on any atom is -0.381 e.